The second-order valence-corrected chi connectivity index (χ2v) is 8.83. The first-order chi connectivity index (χ1) is 17.7. The average Bonchev–Trinajstić information content (AvgIpc) is 2.88. The number of nitrogens with one attached hydrogen (secondary N) is 1. The molecule has 0 unspecified atom stereocenters. The molecule has 1 amide bonds. The minimum absolute atomic E-state index is 0.0425. The number of hydrogen-bond donors (Lipinski definition) is 1. The zero-order valence-electron chi connectivity index (χ0n) is 20.4. The largest absolute Gasteiger partial charge is 0.494 e. The maximum atomic E-state index is 13.8. The summed E-state index contributed by atoms with van der Waals surface area (Å²) >= 11 is 0.771. The Bertz CT molecular complexity index is 1240. The van der Waals surface area contributed by atoms with E-state index in [1.165, 1.54) is 0 Å². The first-order valence-electron chi connectivity index (χ1n) is 11.7. The molecule has 3 aromatic rings. The van der Waals surface area contributed by atoms with Crippen LogP contribution in [0.2, 0.25) is 0 Å². The lowest BCUT2D eigenvalue weighted by Gasteiger charge is -2.14. The minimum atomic E-state index is -4.77. The molecule has 0 aliphatic carbocycles. The molecule has 6 nitrogen and oxygen atoms in total. The van der Waals surface area contributed by atoms with Gasteiger partial charge in [0, 0.05) is 11.3 Å². The van der Waals surface area contributed by atoms with E-state index in [0.29, 0.717) is 36.0 Å². The maximum absolute atomic E-state index is 13.8. The zero-order valence-corrected chi connectivity index (χ0v) is 21.2. The van der Waals surface area contributed by atoms with E-state index < -0.39 is 23.2 Å². The normalized spacial score (nSPS) is 11.0. The Labute approximate surface area is 217 Å². The molecule has 2 aromatic carbocycles. The summed E-state index contributed by atoms with van der Waals surface area (Å²) in [4.78, 5) is 16.8. The van der Waals surface area contributed by atoms with Crippen molar-refractivity contribution in [2.24, 2.45) is 0 Å². The highest BCUT2D eigenvalue weighted by Gasteiger charge is 2.36. The van der Waals surface area contributed by atoms with Crippen LogP contribution in [0.1, 0.15) is 37.8 Å². The Morgan fingerprint density at radius 1 is 1.05 bits per heavy atom. The summed E-state index contributed by atoms with van der Waals surface area (Å²) in [6.07, 6.45) is -2.90. The molecular weight excluding hydrogens is 503 g/mol. The van der Waals surface area contributed by atoms with Crippen LogP contribution < -0.4 is 14.8 Å². The number of pyridine rings is 1. The number of amides is 1. The summed E-state index contributed by atoms with van der Waals surface area (Å²) in [5.41, 5.74) is -0.736. The number of ether oxygens (including phenoxy) is 2. The average molecular weight is 530 g/mol. The molecule has 1 N–H and O–H groups in total. The Morgan fingerprint density at radius 2 is 1.70 bits per heavy atom. The highest BCUT2D eigenvalue weighted by molar-refractivity contribution is 8.00. The van der Waals surface area contributed by atoms with Gasteiger partial charge < -0.3 is 14.8 Å². The van der Waals surface area contributed by atoms with E-state index >= 15 is 0 Å². The first-order valence-corrected chi connectivity index (χ1v) is 12.6. The summed E-state index contributed by atoms with van der Waals surface area (Å²) < 4.78 is 52.4. The van der Waals surface area contributed by atoms with E-state index in [1.807, 2.05) is 13.8 Å². The van der Waals surface area contributed by atoms with Crippen LogP contribution in [0.4, 0.5) is 18.9 Å². The Kier molecular flexibility index (Phi) is 9.80. The summed E-state index contributed by atoms with van der Waals surface area (Å²) in [5, 5.41) is 12.0. The molecule has 1 aromatic heterocycles. The number of anilines is 1. The third-order valence-corrected chi connectivity index (χ3v) is 6.08. The Hall–Kier alpha value is -3.71. The van der Waals surface area contributed by atoms with E-state index in [2.05, 4.69) is 10.3 Å². The second kappa shape index (κ2) is 13.0. The molecular formula is C27H26F3N3O3S. The number of rotatable bonds is 11. The van der Waals surface area contributed by atoms with Gasteiger partial charge in [0.15, 0.2) is 0 Å². The molecule has 0 radical (unpaired) electrons. The summed E-state index contributed by atoms with van der Waals surface area (Å²) in [6, 6.07) is 15.7. The van der Waals surface area contributed by atoms with Gasteiger partial charge in [0.05, 0.1) is 35.8 Å². The van der Waals surface area contributed by atoms with Gasteiger partial charge in [-0.3, -0.25) is 4.79 Å². The predicted molar refractivity (Wildman–Crippen MR) is 137 cm³/mol. The highest BCUT2D eigenvalue weighted by Crippen LogP contribution is 2.38. The van der Waals surface area contributed by atoms with E-state index in [4.69, 9.17) is 9.47 Å². The molecule has 37 heavy (non-hydrogen) atoms. The van der Waals surface area contributed by atoms with Crippen LogP contribution in [0.5, 0.6) is 11.5 Å². The third kappa shape index (κ3) is 7.89. The SMILES string of the molecule is CCCCOc1ccc(-c2cc(C(F)(F)F)c(C#N)c(SCC(=O)Nc3ccc(OCC)cc3)n2)cc1. The molecule has 0 spiro atoms. The van der Waals surface area contributed by atoms with Crippen LogP contribution in [0.3, 0.4) is 0 Å². The van der Waals surface area contributed by atoms with Crippen molar-refractivity contribution < 1.29 is 27.4 Å². The van der Waals surface area contributed by atoms with Gasteiger partial charge >= 0.3 is 6.18 Å². The lowest BCUT2D eigenvalue weighted by molar-refractivity contribution is -0.138. The number of thioether (sulfide) groups is 1. The van der Waals surface area contributed by atoms with Gasteiger partial charge in [0.2, 0.25) is 5.91 Å². The van der Waals surface area contributed by atoms with Crippen LogP contribution in [-0.2, 0) is 11.0 Å². The number of carbonyl (C=O) groups excluding carboxylic acids is 1. The van der Waals surface area contributed by atoms with E-state index in [1.54, 1.807) is 54.6 Å². The van der Waals surface area contributed by atoms with E-state index in [9.17, 15) is 23.2 Å². The number of hydrogen-bond acceptors (Lipinski definition) is 6. The van der Waals surface area contributed by atoms with Crippen molar-refractivity contribution in [1.29, 1.82) is 5.26 Å². The fraction of sp³-hybridized carbons (Fsp3) is 0.296. The molecule has 0 aliphatic rings. The van der Waals surface area contributed by atoms with Crippen molar-refractivity contribution in [2.45, 2.75) is 37.9 Å². The van der Waals surface area contributed by atoms with Crippen LogP contribution in [0, 0.1) is 11.3 Å². The number of benzene rings is 2. The number of halogens is 3. The maximum Gasteiger partial charge on any atom is 0.417 e. The molecule has 1 heterocycles. The number of aromatic nitrogens is 1. The van der Waals surface area contributed by atoms with Gasteiger partial charge in [-0.05, 0) is 67.9 Å². The van der Waals surface area contributed by atoms with Crippen molar-refractivity contribution in [3.05, 3.63) is 65.7 Å². The fourth-order valence-corrected chi connectivity index (χ4v) is 4.10. The molecule has 0 fully saturated rings. The highest BCUT2D eigenvalue weighted by atomic mass is 32.2. The van der Waals surface area contributed by atoms with Gasteiger partial charge in [-0.1, -0.05) is 25.1 Å². The lowest BCUT2D eigenvalue weighted by Crippen LogP contribution is -2.15. The van der Waals surface area contributed by atoms with E-state index in [0.717, 1.165) is 30.7 Å². The van der Waals surface area contributed by atoms with Gasteiger partial charge in [-0.15, -0.1) is 0 Å². The number of nitrogens with zero attached hydrogens (tertiary/aromatic N) is 2. The molecule has 10 heteroatoms. The van der Waals surface area contributed by atoms with Crippen LogP contribution in [-0.4, -0.2) is 29.9 Å². The minimum Gasteiger partial charge on any atom is -0.494 e. The van der Waals surface area contributed by atoms with E-state index in [-0.39, 0.29) is 16.5 Å². The molecule has 194 valence electrons. The lowest BCUT2D eigenvalue weighted by atomic mass is 10.1. The molecule has 0 aliphatic heterocycles. The first kappa shape index (κ1) is 27.9. The van der Waals surface area contributed by atoms with Gasteiger partial charge in [-0.25, -0.2) is 4.98 Å². The summed E-state index contributed by atoms with van der Waals surface area (Å²) in [7, 11) is 0. The number of nitriles is 1. The van der Waals surface area contributed by atoms with Crippen LogP contribution >= 0.6 is 11.8 Å². The standard InChI is InChI=1S/C27H26F3N3O3S/c1-3-5-14-36-21-10-6-18(7-11-21)24-15-23(27(28,29)30)22(16-31)26(33-24)37-17-25(34)32-19-8-12-20(13-9-19)35-4-2/h6-13,15H,3-5,14,17H2,1-2H3,(H,32,34). The van der Waals surface area contributed by atoms with Gasteiger partial charge in [-0.2, -0.15) is 18.4 Å². The molecule has 3 rings (SSSR count). The van der Waals surface area contributed by atoms with Crippen molar-refractivity contribution in [3.8, 4) is 28.8 Å². The van der Waals surface area contributed by atoms with Gasteiger partial charge in [0.25, 0.3) is 0 Å². The quantitative estimate of drug-likeness (QED) is 0.214. The van der Waals surface area contributed by atoms with Crippen molar-refractivity contribution in [1.82, 2.24) is 4.98 Å². The number of unbranched alkanes of at least 4 members (excludes halogenated alkanes) is 1. The molecule has 0 saturated carbocycles. The molecule has 0 bridgehead atoms. The fourth-order valence-electron chi connectivity index (χ4n) is 3.29. The Balaban J connectivity index is 1.81. The van der Waals surface area contributed by atoms with Crippen LogP contribution in [0.25, 0.3) is 11.3 Å². The summed E-state index contributed by atoms with van der Waals surface area (Å²) in [6.45, 7) is 4.95. The molecule has 0 saturated heterocycles. The van der Waals surface area contributed by atoms with Crippen LogP contribution in [0.15, 0.2) is 59.6 Å². The number of carbonyl (C=O) groups is 1. The smallest absolute Gasteiger partial charge is 0.417 e. The van der Waals surface area contributed by atoms with Crippen molar-refractivity contribution in [3.63, 3.8) is 0 Å². The monoisotopic (exact) mass is 529 g/mol. The topological polar surface area (TPSA) is 84.2 Å². The third-order valence-electron chi connectivity index (χ3n) is 5.11. The second-order valence-electron chi connectivity index (χ2n) is 7.87. The Morgan fingerprint density at radius 3 is 2.30 bits per heavy atom. The van der Waals surface area contributed by atoms with Crippen molar-refractivity contribution >= 4 is 23.4 Å². The van der Waals surface area contributed by atoms with Gasteiger partial charge in [0.1, 0.15) is 22.6 Å². The summed E-state index contributed by atoms with van der Waals surface area (Å²) in [5.74, 6) is 0.560. The van der Waals surface area contributed by atoms with Crippen molar-refractivity contribution in [2.75, 3.05) is 24.3 Å². The predicted octanol–water partition coefficient (Wildman–Crippen LogP) is 6.95. The zero-order chi connectivity index (χ0) is 26.8. The number of alkyl halides is 3. The molecule has 0 atom stereocenters.